The number of aromatic nitrogens is 2. The predicted molar refractivity (Wildman–Crippen MR) is 101 cm³/mol. The summed E-state index contributed by atoms with van der Waals surface area (Å²) in [5, 5.41) is 7.58. The maximum atomic E-state index is 13.6. The normalized spacial score (nSPS) is 18.0. The molecule has 0 bridgehead atoms. The zero-order valence-electron chi connectivity index (χ0n) is 14.5. The number of aryl methyl sites for hydroxylation is 1. The summed E-state index contributed by atoms with van der Waals surface area (Å²) in [6, 6.07) is 5.18. The van der Waals surface area contributed by atoms with E-state index in [-0.39, 0.29) is 5.82 Å². The maximum Gasteiger partial charge on any atom is 0.193 e. The minimum Gasteiger partial charge on any atom is -0.352 e. The molecule has 5 nitrogen and oxygen atoms in total. The summed E-state index contributed by atoms with van der Waals surface area (Å²) in [5.41, 5.74) is 2.18. The smallest absolute Gasteiger partial charge is 0.193 e. The van der Waals surface area contributed by atoms with Gasteiger partial charge in [0.25, 0.3) is 0 Å². The molecular formula is C18H23BrFN5. The number of nitrogens with zero attached hydrogens (tertiary/aromatic N) is 4. The lowest BCUT2D eigenvalue weighted by Gasteiger charge is -2.21. The lowest BCUT2D eigenvalue weighted by Crippen LogP contribution is -2.39. The van der Waals surface area contributed by atoms with Crippen LogP contribution in [0, 0.1) is 11.7 Å². The van der Waals surface area contributed by atoms with Crippen LogP contribution in [0.1, 0.15) is 17.5 Å². The number of nitrogens with one attached hydrogen (secondary N) is 1. The van der Waals surface area contributed by atoms with Crippen molar-refractivity contribution in [1.82, 2.24) is 20.0 Å². The van der Waals surface area contributed by atoms with E-state index >= 15 is 0 Å². The highest BCUT2D eigenvalue weighted by molar-refractivity contribution is 9.10. The highest BCUT2D eigenvalue weighted by atomic mass is 79.9. The Hall–Kier alpha value is -1.89. The quantitative estimate of drug-likeness (QED) is 0.625. The Morgan fingerprint density at radius 1 is 1.44 bits per heavy atom. The molecule has 0 aliphatic carbocycles. The highest BCUT2D eigenvalue weighted by Gasteiger charge is 2.25. The molecule has 7 heteroatoms. The van der Waals surface area contributed by atoms with Gasteiger partial charge in [0.05, 0.1) is 10.7 Å². The van der Waals surface area contributed by atoms with Crippen LogP contribution in [-0.2, 0) is 20.0 Å². The lowest BCUT2D eigenvalue weighted by atomic mass is 10.0. The van der Waals surface area contributed by atoms with Gasteiger partial charge in [-0.2, -0.15) is 5.10 Å². The van der Waals surface area contributed by atoms with Crippen LogP contribution in [0.15, 0.2) is 40.1 Å². The molecule has 1 unspecified atom stereocenters. The molecule has 1 fully saturated rings. The first-order chi connectivity index (χ1) is 12.0. The standard InChI is InChI=1S/C18H23BrFN5/c1-21-18(22-9-13-3-4-16(19)17(20)8-13)25-6-5-14(12-25)7-15-10-23-24(2)11-15/h3-4,8,10-11,14H,5-7,9,12H2,1-2H3,(H,21,22). The number of aliphatic imine (C=N–C) groups is 1. The van der Waals surface area contributed by atoms with Crippen molar-refractivity contribution in [3.63, 3.8) is 0 Å². The first-order valence-electron chi connectivity index (χ1n) is 8.42. The van der Waals surface area contributed by atoms with Crippen LogP contribution in [0.4, 0.5) is 4.39 Å². The summed E-state index contributed by atoms with van der Waals surface area (Å²) in [7, 11) is 3.74. The summed E-state index contributed by atoms with van der Waals surface area (Å²) in [6.07, 6.45) is 6.21. The van der Waals surface area contributed by atoms with Crippen molar-refractivity contribution >= 4 is 21.9 Å². The van der Waals surface area contributed by atoms with E-state index in [1.165, 1.54) is 5.56 Å². The van der Waals surface area contributed by atoms with Crippen LogP contribution in [0.2, 0.25) is 0 Å². The maximum absolute atomic E-state index is 13.6. The Morgan fingerprint density at radius 2 is 2.28 bits per heavy atom. The Labute approximate surface area is 156 Å². The summed E-state index contributed by atoms with van der Waals surface area (Å²) in [6.45, 7) is 2.52. The van der Waals surface area contributed by atoms with E-state index in [9.17, 15) is 4.39 Å². The van der Waals surface area contributed by atoms with Gasteiger partial charge in [0, 0.05) is 39.9 Å². The van der Waals surface area contributed by atoms with Gasteiger partial charge in [-0.25, -0.2) is 4.39 Å². The molecule has 0 saturated carbocycles. The molecule has 0 spiro atoms. The first-order valence-corrected chi connectivity index (χ1v) is 9.21. The number of halogens is 2. The predicted octanol–water partition coefficient (Wildman–Crippen LogP) is 2.96. The molecule has 2 aromatic rings. The molecule has 1 aliphatic rings. The van der Waals surface area contributed by atoms with E-state index in [2.05, 4.69) is 42.4 Å². The first kappa shape index (κ1) is 17.9. The zero-order chi connectivity index (χ0) is 17.8. The summed E-state index contributed by atoms with van der Waals surface area (Å²) >= 11 is 3.18. The molecule has 1 aromatic heterocycles. The fourth-order valence-corrected chi connectivity index (χ4v) is 3.51. The van der Waals surface area contributed by atoms with Crippen molar-refractivity contribution in [2.45, 2.75) is 19.4 Å². The molecule has 1 N–H and O–H groups in total. The average molecular weight is 408 g/mol. The topological polar surface area (TPSA) is 45.5 Å². The molecule has 1 aliphatic heterocycles. The third-order valence-corrected chi connectivity index (χ3v) is 5.16. The van der Waals surface area contributed by atoms with E-state index in [0.29, 0.717) is 16.9 Å². The molecule has 1 saturated heterocycles. The second-order valence-corrected chi connectivity index (χ2v) is 7.33. The van der Waals surface area contributed by atoms with E-state index in [4.69, 9.17) is 0 Å². The largest absolute Gasteiger partial charge is 0.352 e. The van der Waals surface area contributed by atoms with Gasteiger partial charge in [-0.1, -0.05) is 6.07 Å². The van der Waals surface area contributed by atoms with Crippen LogP contribution >= 0.6 is 15.9 Å². The van der Waals surface area contributed by atoms with Crippen LogP contribution < -0.4 is 5.32 Å². The average Bonchev–Trinajstić information content (AvgIpc) is 3.21. The number of hydrogen-bond donors (Lipinski definition) is 1. The van der Waals surface area contributed by atoms with Crippen LogP contribution in [0.5, 0.6) is 0 Å². The van der Waals surface area contributed by atoms with E-state index in [0.717, 1.165) is 37.5 Å². The molecule has 2 heterocycles. The SMILES string of the molecule is CN=C(NCc1ccc(Br)c(F)c1)N1CCC(Cc2cnn(C)c2)C1. The van der Waals surface area contributed by atoms with Crippen molar-refractivity contribution < 1.29 is 4.39 Å². The van der Waals surface area contributed by atoms with Crippen molar-refractivity contribution in [2.75, 3.05) is 20.1 Å². The molecule has 25 heavy (non-hydrogen) atoms. The molecular weight excluding hydrogens is 385 g/mol. The summed E-state index contributed by atoms with van der Waals surface area (Å²) in [4.78, 5) is 6.66. The zero-order valence-corrected chi connectivity index (χ0v) is 16.1. The second-order valence-electron chi connectivity index (χ2n) is 6.48. The van der Waals surface area contributed by atoms with Crippen molar-refractivity contribution in [3.05, 3.63) is 52.0 Å². The summed E-state index contributed by atoms with van der Waals surface area (Å²) < 4.78 is 16.0. The number of benzene rings is 1. The van der Waals surface area contributed by atoms with E-state index < -0.39 is 0 Å². The number of hydrogen-bond acceptors (Lipinski definition) is 2. The third-order valence-electron chi connectivity index (χ3n) is 4.51. The van der Waals surface area contributed by atoms with Gasteiger partial charge in [-0.15, -0.1) is 0 Å². The van der Waals surface area contributed by atoms with Crippen LogP contribution in [0.3, 0.4) is 0 Å². The molecule has 0 amide bonds. The number of guanidine groups is 1. The van der Waals surface area contributed by atoms with E-state index in [1.54, 1.807) is 19.2 Å². The molecule has 1 atom stereocenters. The third kappa shape index (κ3) is 4.60. The minimum atomic E-state index is -0.244. The minimum absolute atomic E-state index is 0.244. The lowest BCUT2D eigenvalue weighted by molar-refractivity contribution is 0.459. The molecule has 3 rings (SSSR count). The second kappa shape index (κ2) is 7.99. The van der Waals surface area contributed by atoms with Gasteiger partial charge < -0.3 is 10.2 Å². The van der Waals surface area contributed by atoms with Gasteiger partial charge in [0.15, 0.2) is 5.96 Å². The molecule has 1 aromatic carbocycles. The molecule has 0 radical (unpaired) electrons. The Balaban J connectivity index is 1.54. The van der Waals surface area contributed by atoms with Crippen LogP contribution in [-0.4, -0.2) is 40.8 Å². The van der Waals surface area contributed by atoms with Gasteiger partial charge >= 0.3 is 0 Å². The number of rotatable bonds is 4. The number of likely N-dealkylation sites (tertiary alicyclic amines) is 1. The van der Waals surface area contributed by atoms with Crippen molar-refractivity contribution in [2.24, 2.45) is 18.0 Å². The van der Waals surface area contributed by atoms with Gasteiger partial charge in [-0.05, 0) is 57.9 Å². The van der Waals surface area contributed by atoms with Gasteiger partial charge in [0.1, 0.15) is 5.82 Å². The van der Waals surface area contributed by atoms with Gasteiger partial charge in [-0.3, -0.25) is 9.67 Å². The highest BCUT2D eigenvalue weighted by Crippen LogP contribution is 2.21. The van der Waals surface area contributed by atoms with Crippen molar-refractivity contribution in [3.8, 4) is 0 Å². The Kier molecular flexibility index (Phi) is 5.73. The molecule has 134 valence electrons. The monoisotopic (exact) mass is 407 g/mol. The van der Waals surface area contributed by atoms with E-state index in [1.807, 2.05) is 24.0 Å². The fourth-order valence-electron chi connectivity index (χ4n) is 3.27. The Morgan fingerprint density at radius 3 is 2.96 bits per heavy atom. The van der Waals surface area contributed by atoms with Crippen LogP contribution in [0.25, 0.3) is 0 Å². The van der Waals surface area contributed by atoms with Crippen molar-refractivity contribution in [1.29, 1.82) is 0 Å². The van der Waals surface area contributed by atoms with Gasteiger partial charge in [0.2, 0.25) is 0 Å². The Bertz CT molecular complexity index is 758. The fraction of sp³-hybridized carbons (Fsp3) is 0.444. The summed E-state index contributed by atoms with van der Waals surface area (Å²) in [5.74, 6) is 1.23.